The molecule has 0 amide bonds. The highest BCUT2D eigenvalue weighted by Gasteiger charge is 2.26. The van der Waals surface area contributed by atoms with Crippen molar-refractivity contribution in [3.05, 3.63) is 24.3 Å². The number of rotatable bonds is 44. The van der Waals surface area contributed by atoms with Crippen LogP contribution in [-0.4, -0.2) is 49.3 Å². The molecule has 0 saturated heterocycles. The lowest BCUT2D eigenvalue weighted by Crippen LogP contribution is -2.29. The van der Waals surface area contributed by atoms with E-state index in [4.69, 9.17) is 24.3 Å². The Hall–Kier alpha value is -1.51. The molecule has 0 saturated carbocycles. The van der Waals surface area contributed by atoms with Gasteiger partial charge in [0.2, 0.25) is 0 Å². The zero-order valence-electron chi connectivity index (χ0n) is 36.4. The molecule has 0 aromatic rings. The van der Waals surface area contributed by atoms with Crippen LogP contribution in [0.15, 0.2) is 24.3 Å². The zero-order valence-corrected chi connectivity index (χ0v) is 37.3. The number of allylic oxidation sites excluding steroid dienone is 4. The van der Waals surface area contributed by atoms with Gasteiger partial charge in [-0.25, -0.2) is 4.57 Å². The van der Waals surface area contributed by atoms with Crippen molar-refractivity contribution in [2.75, 3.05) is 26.4 Å². The zero-order chi connectivity index (χ0) is 41.1. The Morgan fingerprint density at radius 3 is 1.38 bits per heavy atom. The quantitative estimate of drug-likeness (QED) is 0.0267. The first-order valence-corrected chi connectivity index (χ1v) is 24.8. The van der Waals surface area contributed by atoms with Gasteiger partial charge in [0.25, 0.3) is 0 Å². The number of hydrogen-bond donors (Lipinski definition) is 2. The van der Waals surface area contributed by atoms with E-state index in [1.165, 1.54) is 148 Å². The molecule has 0 fully saturated rings. The van der Waals surface area contributed by atoms with Crippen LogP contribution in [0.1, 0.15) is 226 Å². The van der Waals surface area contributed by atoms with Crippen LogP contribution in [0.4, 0.5) is 0 Å². The van der Waals surface area contributed by atoms with Crippen LogP contribution in [0, 0.1) is 0 Å². The average molecular weight is 814 g/mol. The van der Waals surface area contributed by atoms with E-state index in [1.807, 2.05) is 0 Å². The maximum absolute atomic E-state index is 12.6. The van der Waals surface area contributed by atoms with Gasteiger partial charge in [0.1, 0.15) is 6.61 Å². The standard InChI is InChI=1S/C46H88NO8P/c1-3-5-7-9-11-13-15-17-18-19-20-21-22-23-24-25-26-27-29-31-33-35-37-39-46(49)55-44(43-54-56(50,51)53-41-40-47)42-52-45(48)38-36-34-32-30-28-16-14-12-10-8-6-4-2/h25-26,31,33,44H,3-24,27-30,32,34-43,47H2,1-2H3,(H,50,51)/b26-25+,33-31+/t44-/m1/s1. The first-order chi connectivity index (χ1) is 27.3. The molecule has 3 N–H and O–H groups in total. The van der Waals surface area contributed by atoms with Gasteiger partial charge >= 0.3 is 19.8 Å². The van der Waals surface area contributed by atoms with Crippen molar-refractivity contribution in [3.63, 3.8) is 0 Å². The van der Waals surface area contributed by atoms with E-state index in [0.717, 1.165) is 44.9 Å². The molecular weight excluding hydrogens is 725 g/mol. The van der Waals surface area contributed by atoms with Crippen molar-refractivity contribution < 1.29 is 37.6 Å². The number of nitrogens with two attached hydrogens (primary N) is 1. The molecule has 10 heteroatoms. The fourth-order valence-corrected chi connectivity index (χ4v) is 7.36. The molecule has 0 aromatic carbocycles. The predicted molar refractivity (Wildman–Crippen MR) is 234 cm³/mol. The van der Waals surface area contributed by atoms with Crippen LogP contribution in [0.2, 0.25) is 0 Å². The van der Waals surface area contributed by atoms with Crippen molar-refractivity contribution in [3.8, 4) is 0 Å². The number of phosphoric ester groups is 1. The van der Waals surface area contributed by atoms with Gasteiger partial charge in [-0.15, -0.1) is 0 Å². The summed E-state index contributed by atoms with van der Waals surface area (Å²) in [5.41, 5.74) is 5.35. The third kappa shape index (κ3) is 42.1. The summed E-state index contributed by atoms with van der Waals surface area (Å²) in [7, 11) is -4.38. The van der Waals surface area contributed by atoms with Gasteiger partial charge in [-0.1, -0.05) is 192 Å². The molecule has 0 heterocycles. The third-order valence-corrected chi connectivity index (χ3v) is 11.1. The summed E-state index contributed by atoms with van der Waals surface area (Å²) in [4.78, 5) is 34.8. The molecule has 330 valence electrons. The molecule has 0 rings (SSSR count). The Labute approximate surface area is 344 Å². The van der Waals surface area contributed by atoms with Crippen molar-refractivity contribution in [2.24, 2.45) is 5.73 Å². The minimum Gasteiger partial charge on any atom is -0.462 e. The minimum atomic E-state index is -4.38. The second-order valence-corrected chi connectivity index (χ2v) is 17.1. The van der Waals surface area contributed by atoms with E-state index in [9.17, 15) is 19.0 Å². The van der Waals surface area contributed by atoms with E-state index in [2.05, 4.69) is 38.2 Å². The molecule has 1 unspecified atom stereocenters. The fraction of sp³-hybridized carbons (Fsp3) is 0.870. The van der Waals surface area contributed by atoms with Crippen LogP contribution in [-0.2, 0) is 32.7 Å². The highest BCUT2D eigenvalue weighted by Crippen LogP contribution is 2.43. The summed E-state index contributed by atoms with van der Waals surface area (Å²) < 4.78 is 32.7. The summed E-state index contributed by atoms with van der Waals surface area (Å²) >= 11 is 0. The molecular formula is C46H88NO8P. The monoisotopic (exact) mass is 814 g/mol. The molecule has 0 bridgehead atoms. The predicted octanol–water partition coefficient (Wildman–Crippen LogP) is 13.6. The molecule has 56 heavy (non-hydrogen) atoms. The normalized spacial score (nSPS) is 13.4. The first kappa shape index (κ1) is 54.5. The van der Waals surface area contributed by atoms with Gasteiger partial charge in [0, 0.05) is 19.4 Å². The second-order valence-electron chi connectivity index (χ2n) is 15.6. The van der Waals surface area contributed by atoms with Crippen molar-refractivity contribution in [1.29, 1.82) is 0 Å². The molecule has 0 radical (unpaired) electrons. The molecule has 0 aliphatic carbocycles. The Bertz CT molecular complexity index is 975. The van der Waals surface area contributed by atoms with Gasteiger partial charge in [-0.2, -0.15) is 0 Å². The SMILES string of the molecule is CCCCCCCCCCCCCCCC/C=C/CC/C=C/CCCC(=O)O[C@H](COC(=O)CCCCCCCCCCCCCC)COP(=O)(O)OCCN. The largest absolute Gasteiger partial charge is 0.472 e. The van der Waals surface area contributed by atoms with Gasteiger partial charge in [0.05, 0.1) is 13.2 Å². The lowest BCUT2D eigenvalue weighted by atomic mass is 10.0. The summed E-state index contributed by atoms with van der Waals surface area (Å²) in [6, 6.07) is 0. The van der Waals surface area contributed by atoms with Gasteiger partial charge in [0.15, 0.2) is 6.10 Å². The van der Waals surface area contributed by atoms with Crippen molar-refractivity contribution >= 4 is 19.8 Å². The highest BCUT2D eigenvalue weighted by molar-refractivity contribution is 7.47. The number of esters is 2. The van der Waals surface area contributed by atoms with Crippen LogP contribution >= 0.6 is 7.82 Å². The minimum absolute atomic E-state index is 0.0494. The molecule has 9 nitrogen and oxygen atoms in total. The molecule has 0 spiro atoms. The van der Waals surface area contributed by atoms with E-state index in [0.29, 0.717) is 6.42 Å². The lowest BCUT2D eigenvalue weighted by molar-refractivity contribution is -0.161. The summed E-state index contributed by atoms with van der Waals surface area (Å²) in [6.45, 7) is 3.71. The summed E-state index contributed by atoms with van der Waals surface area (Å²) in [5.74, 6) is -0.870. The van der Waals surface area contributed by atoms with E-state index < -0.39 is 26.5 Å². The van der Waals surface area contributed by atoms with Gasteiger partial charge < -0.3 is 20.1 Å². The van der Waals surface area contributed by atoms with Crippen molar-refractivity contribution in [2.45, 2.75) is 232 Å². The molecule has 0 aromatic heterocycles. The number of unbranched alkanes of at least 4 members (excludes halogenated alkanes) is 27. The topological polar surface area (TPSA) is 134 Å². The fourth-order valence-electron chi connectivity index (χ4n) is 6.60. The first-order valence-electron chi connectivity index (χ1n) is 23.3. The van der Waals surface area contributed by atoms with Crippen LogP contribution in [0.5, 0.6) is 0 Å². The third-order valence-electron chi connectivity index (χ3n) is 10.1. The lowest BCUT2D eigenvalue weighted by Gasteiger charge is -2.19. The molecule has 0 aliphatic heterocycles. The number of ether oxygens (including phenoxy) is 2. The van der Waals surface area contributed by atoms with Crippen LogP contribution in [0.25, 0.3) is 0 Å². The van der Waals surface area contributed by atoms with Gasteiger partial charge in [-0.3, -0.25) is 18.6 Å². The van der Waals surface area contributed by atoms with Crippen LogP contribution in [0.3, 0.4) is 0 Å². The second kappa shape index (κ2) is 43.1. The Morgan fingerprint density at radius 1 is 0.518 bits per heavy atom. The Morgan fingerprint density at radius 2 is 0.911 bits per heavy atom. The number of carbonyl (C=O) groups is 2. The van der Waals surface area contributed by atoms with E-state index in [1.54, 1.807) is 0 Å². The Kier molecular flexibility index (Phi) is 41.9. The average Bonchev–Trinajstić information content (AvgIpc) is 3.18. The smallest absolute Gasteiger partial charge is 0.462 e. The van der Waals surface area contributed by atoms with Crippen molar-refractivity contribution in [1.82, 2.24) is 0 Å². The highest BCUT2D eigenvalue weighted by atomic mass is 31.2. The van der Waals surface area contributed by atoms with E-state index >= 15 is 0 Å². The maximum Gasteiger partial charge on any atom is 0.472 e. The number of phosphoric acid groups is 1. The summed E-state index contributed by atoms with van der Waals surface area (Å²) in [5, 5.41) is 0. The number of hydrogen-bond acceptors (Lipinski definition) is 8. The Balaban J connectivity index is 4.10. The summed E-state index contributed by atoms with van der Waals surface area (Å²) in [6.07, 6.45) is 46.6. The van der Waals surface area contributed by atoms with Crippen LogP contribution < -0.4 is 5.73 Å². The maximum atomic E-state index is 12.6. The molecule has 2 atom stereocenters. The molecule has 0 aliphatic rings. The van der Waals surface area contributed by atoms with Gasteiger partial charge in [-0.05, 0) is 44.9 Å². The number of carbonyl (C=O) groups excluding carboxylic acids is 2. The van der Waals surface area contributed by atoms with E-state index in [-0.39, 0.29) is 38.6 Å².